The summed E-state index contributed by atoms with van der Waals surface area (Å²) < 4.78 is 43.3. The number of anilines is 1. The van der Waals surface area contributed by atoms with Crippen LogP contribution < -0.4 is 4.90 Å². The molecule has 0 radical (unpaired) electrons. The Hall–Kier alpha value is -2.56. The van der Waals surface area contributed by atoms with Crippen molar-refractivity contribution in [2.24, 2.45) is 0 Å². The predicted octanol–water partition coefficient (Wildman–Crippen LogP) is 2.19. The molecule has 0 aromatic heterocycles. The lowest BCUT2D eigenvalue weighted by Gasteiger charge is -2.36. The smallest absolute Gasteiger partial charge is 0.416 e. The van der Waals surface area contributed by atoms with Crippen LogP contribution in [0.25, 0.3) is 0 Å². The highest BCUT2D eigenvalue weighted by Crippen LogP contribution is 2.36. The molecular formula is C16H19F3N4O4. The lowest BCUT2D eigenvalue weighted by molar-refractivity contribution is -0.384. The third kappa shape index (κ3) is 4.41. The fourth-order valence-electron chi connectivity index (χ4n) is 3.22. The molecule has 27 heavy (non-hydrogen) atoms. The minimum absolute atomic E-state index is 0.191. The second-order valence-electron chi connectivity index (χ2n) is 6.39. The molecule has 3 rings (SSSR count). The van der Waals surface area contributed by atoms with Gasteiger partial charge in [-0.25, -0.2) is 4.79 Å². The summed E-state index contributed by atoms with van der Waals surface area (Å²) in [5.74, 6) is 0. The van der Waals surface area contributed by atoms with Gasteiger partial charge in [-0.15, -0.1) is 0 Å². The van der Waals surface area contributed by atoms with Gasteiger partial charge in [-0.1, -0.05) is 0 Å². The van der Waals surface area contributed by atoms with E-state index in [1.165, 1.54) is 0 Å². The summed E-state index contributed by atoms with van der Waals surface area (Å²) in [4.78, 5) is 27.3. The molecule has 0 unspecified atom stereocenters. The Bertz CT molecular complexity index is 720. The van der Waals surface area contributed by atoms with Crippen molar-refractivity contribution in [3.05, 3.63) is 33.9 Å². The Balaban J connectivity index is 1.62. The van der Waals surface area contributed by atoms with E-state index >= 15 is 0 Å². The van der Waals surface area contributed by atoms with Gasteiger partial charge < -0.3 is 14.5 Å². The number of hydrogen-bond donors (Lipinski definition) is 0. The third-order valence-corrected chi connectivity index (χ3v) is 4.74. The van der Waals surface area contributed by atoms with Crippen LogP contribution in [0.3, 0.4) is 0 Å². The number of rotatable bonds is 5. The second-order valence-corrected chi connectivity index (χ2v) is 6.39. The molecule has 2 aliphatic heterocycles. The molecule has 2 aliphatic rings. The van der Waals surface area contributed by atoms with E-state index in [4.69, 9.17) is 4.74 Å². The topological polar surface area (TPSA) is 79.2 Å². The van der Waals surface area contributed by atoms with Crippen molar-refractivity contribution < 1.29 is 27.6 Å². The molecule has 0 spiro atoms. The number of hydrogen-bond acceptors (Lipinski definition) is 6. The third-order valence-electron chi connectivity index (χ3n) is 4.74. The van der Waals surface area contributed by atoms with Crippen LogP contribution in [-0.2, 0) is 10.9 Å². The monoisotopic (exact) mass is 388 g/mol. The Kier molecular flexibility index (Phi) is 5.40. The van der Waals surface area contributed by atoms with Gasteiger partial charge >= 0.3 is 12.3 Å². The highest BCUT2D eigenvalue weighted by Gasteiger charge is 2.34. The number of carbonyl (C=O) groups is 1. The summed E-state index contributed by atoms with van der Waals surface area (Å²) >= 11 is 0. The lowest BCUT2D eigenvalue weighted by Crippen LogP contribution is -2.48. The minimum atomic E-state index is -4.63. The number of ether oxygens (including phenoxy) is 1. The Morgan fingerprint density at radius 3 is 2.37 bits per heavy atom. The first-order valence-electron chi connectivity index (χ1n) is 8.50. The summed E-state index contributed by atoms with van der Waals surface area (Å²) in [6.07, 6.45) is -4.95. The SMILES string of the molecule is O=C1OCCN1CCN1CCN(c2ccc(C(F)(F)F)cc2[N+](=O)[O-])CC1. The van der Waals surface area contributed by atoms with Crippen molar-refractivity contribution in [1.82, 2.24) is 9.80 Å². The molecule has 11 heteroatoms. The number of alkyl halides is 3. The number of halogens is 3. The molecule has 0 N–H and O–H groups in total. The van der Waals surface area contributed by atoms with Crippen LogP contribution in [0, 0.1) is 10.1 Å². The number of carbonyl (C=O) groups excluding carboxylic acids is 1. The second kappa shape index (κ2) is 7.59. The maximum absolute atomic E-state index is 12.8. The molecule has 8 nitrogen and oxygen atoms in total. The van der Waals surface area contributed by atoms with E-state index in [0.29, 0.717) is 58.5 Å². The summed E-state index contributed by atoms with van der Waals surface area (Å²) in [5, 5.41) is 11.2. The predicted molar refractivity (Wildman–Crippen MR) is 89.7 cm³/mol. The molecule has 0 bridgehead atoms. The highest BCUT2D eigenvalue weighted by molar-refractivity contribution is 5.69. The van der Waals surface area contributed by atoms with Gasteiger partial charge in [-0.2, -0.15) is 13.2 Å². The number of cyclic esters (lactones) is 1. The van der Waals surface area contributed by atoms with Crippen molar-refractivity contribution >= 4 is 17.5 Å². The number of amides is 1. The molecular weight excluding hydrogens is 369 g/mol. The van der Waals surface area contributed by atoms with E-state index in [9.17, 15) is 28.1 Å². The zero-order chi connectivity index (χ0) is 19.6. The zero-order valence-corrected chi connectivity index (χ0v) is 14.4. The van der Waals surface area contributed by atoms with Crippen LogP contribution in [0.15, 0.2) is 18.2 Å². The largest absolute Gasteiger partial charge is 0.448 e. The molecule has 1 amide bonds. The normalized spacial score (nSPS) is 18.7. The molecule has 2 fully saturated rings. The minimum Gasteiger partial charge on any atom is -0.448 e. The number of nitrogens with zero attached hydrogens (tertiary/aromatic N) is 4. The fraction of sp³-hybridized carbons (Fsp3) is 0.562. The summed E-state index contributed by atoms with van der Waals surface area (Å²) in [7, 11) is 0. The van der Waals surface area contributed by atoms with Crippen molar-refractivity contribution in [3.8, 4) is 0 Å². The van der Waals surface area contributed by atoms with Gasteiger partial charge in [-0.3, -0.25) is 15.0 Å². The molecule has 0 aliphatic carbocycles. The summed E-state index contributed by atoms with van der Waals surface area (Å²) in [6.45, 7) is 4.26. The van der Waals surface area contributed by atoms with E-state index < -0.39 is 22.4 Å². The maximum atomic E-state index is 12.8. The van der Waals surface area contributed by atoms with Gasteiger partial charge in [0.05, 0.1) is 17.0 Å². The Labute approximate surface area is 153 Å². The van der Waals surface area contributed by atoms with Gasteiger partial charge in [-0.05, 0) is 12.1 Å². The molecule has 148 valence electrons. The first-order chi connectivity index (χ1) is 12.8. The summed E-state index contributed by atoms with van der Waals surface area (Å²) in [5.41, 5.74) is -1.39. The van der Waals surface area contributed by atoms with E-state index in [0.717, 1.165) is 12.1 Å². The zero-order valence-electron chi connectivity index (χ0n) is 14.4. The Morgan fingerprint density at radius 1 is 1.11 bits per heavy atom. The van der Waals surface area contributed by atoms with Crippen LogP contribution >= 0.6 is 0 Å². The van der Waals surface area contributed by atoms with Gasteiger partial charge in [0.25, 0.3) is 5.69 Å². The average molecular weight is 388 g/mol. The van der Waals surface area contributed by atoms with Gasteiger partial charge in [0.1, 0.15) is 12.3 Å². The van der Waals surface area contributed by atoms with Crippen LogP contribution in [0.4, 0.5) is 29.3 Å². The van der Waals surface area contributed by atoms with Crippen molar-refractivity contribution in [2.75, 3.05) is 57.3 Å². The number of nitro groups is 1. The van der Waals surface area contributed by atoms with Crippen molar-refractivity contribution in [2.45, 2.75) is 6.18 Å². The molecule has 1 aromatic rings. The first kappa shape index (κ1) is 19.2. The van der Waals surface area contributed by atoms with Crippen LogP contribution in [-0.4, -0.2) is 73.2 Å². The van der Waals surface area contributed by atoms with Gasteiger partial charge in [0.2, 0.25) is 0 Å². The molecule has 2 heterocycles. The quantitative estimate of drug-likeness (QED) is 0.568. The molecule has 0 saturated carbocycles. The summed E-state index contributed by atoms with van der Waals surface area (Å²) in [6, 6.07) is 2.62. The van der Waals surface area contributed by atoms with E-state index in [1.807, 2.05) is 0 Å². The average Bonchev–Trinajstić information content (AvgIpc) is 3.04. The maximum Gasteiger partial charge on any atom is 0.416 e. The van der Waals surface area contributed by atoms with Crippen LogP contribution in [0.2, 0.25) is 0 Å². The van der Waals surface area contributed by atoms with Crippen molar-refractivity contribution in [3.63, 3.8) is 0 Å². The van der Waals surface area contributed by atoms with E-state index in [-0.39, 0.29) is 11.8 Å². The Morgan fingerprint density at radius 2 is 1.81 bits per heavy atom. The molecule has 2 saturated heterocycles. The first-order valence-corrected chi connectivity index (χ1v) is 8.50. The number of piperazine rings is 1. The highest BCUT2D eigenvalue weighted by atomic mass is 19.4. The van der Waals surface area contributed by atoms with Crippen LogP contribution in [0.5, 0.6) is 0 Å². The number of nitro benzene ring substituents is 1. The molecule has 0 atom stereocenters. The van der Waals surface area contributed by atoms with Gasteiger partial charge in [0, 0.05) is 45.3 Å². The number of benzene rings is 1. The molecule has 1 aromatic carbocycles. The van der Waals surface area contributed by atoms with E-state index in [1.54, 1.807) is 9.80 Å². The lowest BCUT2D eigenvalue weighted by atomic mass is 10.1. The van der Waals surface area contributed by atoms with Gasteiger partial charge in [0.15, 0.2) is 0 Å². The van der Waals surface area contributed by atoms with Crippen molar-refractivity contribution in [1.29, 1.82) is 0 Å². The van der Waals surface area contributed by atoms with Crippen LogP contribution in [0.1, 0.15) is 5.56 Å². The fourth-order valence-corrected chi connectivity index (χ4v) is 3.22. The van der Waals surface area contributed by atoms with E-state index in [2.05, 4.69) is 4.90 Å². The standard InChI is InChI=1S/C16H19F3N4O4/c17-16(18,19)12-1-2-13(14(11-12)23(25)26)21-6-3-20(4-7-21)5-8-22-9-10-27-15(22)24/h1-2,11H,3-10H2.